The number of halogens is 1. The van der Waals surface area contributed by atoms with Gasteiger partial charge in [0.1, 0.15) is 0 Å². The summed E-state index contributed by atoms with van der Waals surface area (Å²) in [7, 11) is 0. The Kier molecular flexibility index (Phi) is 4.81. The lowest BCUT2D eigenvalue weighted by atomic mass is 9.86. The first kappa shape index (κ1) is 13.6. The van der Waals surface area contributed by atoms with Crippen LogP contribution in [0.3, 0.4) is 0 Å². The van der Waals surface area contributed by atoms with E-state index in [4.69, 9.17) is 0 Å². The van der Waals surface area contributed by atoms with Crippen molar-refractivity contribution in [1.82, 2.24) is 5.32 Å². The zero-order chi connectivity index (χ0) is 13.0. The van der Waals surface area contributed by atoms with Crippen LogP contribution in [0.5, 0.6) is 0 Å². The molecule has 1 fully saturated rings. The Morgan fingerprint density at radius 2 is 2.17 bits per heavy atom. The molecule has 0 aromatic heterocycles. The zero-order valence-electron chi connectivity index (χ0n) is 10.8. The molecular weight excluding hydrogens is 290 g/mol. The molecule has 0 aliphatic heterocycles. The third-order valence-electron chi connectivity index (χ3n) is 3.70. The highest BCUT2D eigenvalue weighted by Crippen LogP contribution is 2.26. The first-order valence-electron chi connectivity index (χ1n) is 6.64. The van der Waals surface area contributed by atoms with Crippen molar-refractivity contribution >= 4 is 21.8 Å². The van der Waals surface area contributed by atoms with Gasteiger partial charge < -0.3 is 5.32 Å². The number of rotatable bonds is 3. The van der Waals surface area contributed by atoms with E-state index in [1.807, 2.05) is 31.2 Å². The van der Waals surface area contributed by atoms with Crippen molar-refractivity contribution in [2.24, 2.45) is 5.92 Å². The Labute approximate surface area is 117 Å². The van der Waals surface area contributed by atoms with E-state index in [1.54, 1.807) is 0 Å². The first-order chi connectivity index (χ1) is 8.70. The minimum Gasteiger partial charge on any atom is -0.349 e. The molecule has 3 heteroatoms. The Bertz CT molecular complexity index is 419. The summed E-state index contributed by atoms with van der Waals surface area (Å²) < 4.78 is 0. The number of carbonyl (C=O) groups excluding carboxylic acids is 1. The van der Waals surface area contributed by atoms with Crippen LogP contribution < -0.4 is 5.32 Å². The van der Waals surface area contributed by atoms with Gasteiger partial charge in [-0.05, 0) is 37.8 Å². The Balaban J connectivity index is 2.02. The van der Waals surface area contributed by atoms with E-state index < -0.39 is 0 Å². The molecule has 1 aliphatic carbocycles. The highest BCUT2D eigenvalue weighted by atomic mass is 79.9. The third-order valence-corrected chi connectivity index (χ3v) is 4.54. The van der Waals surface area contributed by atoms with E-state index in [1.165, 1.54) is 19.3 Å². The fourth-order valence-electron chi connectivity index (χ4n) is 2.62. The first-order valence-corrected chi connectivity index (χ1v) is 7.76. The van der Waals surface area contributed by atoms with Gasteiger partial charge in [0.05, 0.1) is 0 Å². The maximum atomic E-state index is 12.2. The summed E-state index contributed by atoms with van der Waals surface area (Å²) in [6, 6.07) is 8.10. The highest BCUT2D eigenvalue weighted by molar-refractivity contribution is 9.09. The van der Waals surface area contributed by atoms with Crippen LogP contribution in [0.25, 0.3) is 0 Å². The number of alkyl halides is 1. The molecule has 1 amide bonds. The van der Waals surface area contributed by atoms with Crippen LogP contribution in [-0.4, -0.2) is 17.3 Å². The largest absolute Gasteiger partial charge is 0.349 e. The van der Waals surface area contributed by atoms with Crippen LogP contribution in [0, 0.1) is 12.8 Å². The molecule has 2 atom stereocenters. The molecule has 1 saturated carbocycles. The Morgan fingerprint density at radius 3 is 2.89 bits per heavy atom. The van der Waals surface area contributed by atoms with Gasteiger partial charge in [0.15, 0.2) is 0 Å². The lowest BCUT2D eigenvalue weighted by Gasteiger charge is -2.31. The van der Waals surface area contributed by atoms with Crippen molar-refractivity contribution in [2.75, 3.05) is 5.33 Å². The van der Waals surface area contributed by atoms with Gasteiger partial charge >= 0.3 is 0 Å². The quantitative estimate of drug-likeness (QED) is 0.848. The van der Waals surface area contributed by atoms with E-state index in [0.29, 0.717) is 12.0 Å². The number of amides is 1. The molecule has 0 spiro atoms. The predicted molar refractivity (Wildman–Crippen MR) is 78.2 cm³/mol. The van der Waals surface area contributed by atoms with Crippen molar-refractivity contribution in [2.45, 2.75) is 38.6 Å². The second-order valence-corrected chi connectivity index (χ2v) is 5.80. The summed E-state index contributed by atoms with van der Waals surface area (Å²) in [4.78, 5) is 12.2. The molecule has 0 bridgehead atoms. The number of hydrogen-bond acceptors (Lipinski definition) is 1. The topological polar surface area (TPSA) is 29.1 Å². The van der Waals surface area contributed by atoms with Gasteiger partial charge in [-0.15, -0.1) is 0 Å². The lowest BCUT2D eigenvalue weighted by molar-refractivity contribution is 0.0911. The lowest BCUT2D eigenvalue weighted by Crippen LogP contribution is -2.42. The SMILES string of the molecule is Cc1cccc(C(=O)NC2CCCCC2CBr)c1. The number of benzene rings is 1. The van der Waals surface area contributed by atoms with Crippen molar-refractivity contribution in [1.29, 1.82) is 0 Å². The molecule has 1 N–H and O–H groups in total. The van der Waals surface area contributed by atoms with E-state index in [9.17, 15) is 4.79 Å². The normalized spacial score (nSPS) is 23.7. The van der Waals surface area contributed by atoms with E-state index in [2.05, 4.69) is 21.2 Å². The summed E-state index contributed by atoms with van der Waals surface area (Å²) in [5, 5.41) is 4.17. The maximum absolute atomic E-state index is 12.2. The average molecular weight is 310 g/mol. The van der Waals surface area contributed by atoms with Crippen LogP contribution in [0.4, 0.5) is 0 Å². The fourth-order valence-corrected chi connectivity index (χ4v) is 3.40. The third kappa shape index (κ3) is 3.35. The second-order valence-electron chi connectivity index (χ2n) is 5.15. The van der Waals surface area contributed by atoms with Gasteiger partial charge in [-0.2, -0.15) is 0 Å². The monoisotopic (exact) mass is 309 g/mol. The van der Waals surface area contributed by atoms with Crippen LogP contribution in [0.15, 0.2) is 24.3 Å². The average Bonchev–Trinajstić information content (AvgIpc) is 2.39. The molecule has 0 radical (unpaired) electrons. The van der Waals surface area contributed by atoms with Crippen LogP contribution in [0.1, 0.15) is 41.6 Å². The Morgan fingerprint density at radius 1 is 1.39 bits per heavy atom. The molecule has 1 aromatic rings. The summed E-state index contributed by atoms with van der Waals surface area (Å²) in [6.07, 6.45) is 4.83. The fraction of sp³-hybridized carbons (Fsp3) is 0.533. The molecule has 2 unspecified atom stereocenters. The molecular formula is C15H20BrNO. The molecule has 1 aromatic carbocycles. The van der Waals surface area contributed by atoms with Crippen molar-refractivity contribution in [3.8, 4) is 0 Å². The van der Waals surface area contributed by atoms with E-state index in [-0.39, 0.29) is 5.91 Å². The highest BCUT2D eigenvalue weighted by Gasteiger charge is 2.25. The van der Waals surface area contributed by atoms with Gasteiger partial charge in [-0.25, -0.2) is 0 Å². The summed E-state index contributed by atoms with van der Waals surface area (Å²) in [6.45, 7) is 2.01. The summed E-state index contributed by atoms with van der Waals surface area (Å²) >= 11 is 3.56. The maximum Gasteiger partial charge on any atom is 0.251 e. The zero-order valence-corrected chi connectivity index (χ0v) is 12.4. The van der Waals surface area contributed by atoms with Crippen molar-refractivity contribution < 1.29 is 4.79 Å². The van der Waals surface area contributed by atoms with Gasteiger partial charge in [-0.1, -0.05) is 46.5 Å². The van der Waals surface area contributed by atoms with Gasteiger partial charge in [0, 0.05) is 16.9 Å². The smallest absolute Gasteiger partial charge is 0.251 e. The van der Waals surface area contributed by atoms with Crippen LogP contribution >= 0.6 is 15.9 Å². The second kappa shape index (κ2) is 6.37. The summed E-state index contributed by atoms with van der Waals surface area (Å²) in [5.74, 6) is 0.643. The van der Waals surface area contributed by atoms with Crippen LogP contribution in [0.2, 0.25) is 0 Å². The molecule has 2 nitrogen and oxygen atoms in total. The molecule has 18 heavy (non-hydrogen) atoms. The molecule has 0 heterocycles. The number of nitrogens with one attached hydrogen (secondary N) is 1. The van der Waals surface area contributed by atoms with Crippen molar-refractivity contribution in [3.05, 3.63) is 35.4 Å². The minimum absolute atomic E-state index is 0.0662. The van der Waals surface area contributed by atoms with Crippen molar-refractivity contribution in [3.63, 3.8) is 0 Å². The molecule has 2 rings (SSSR count). The Hall–Kier alpha value is -0.830. The summed E-state index contributed by atoms with van der Waals surface area (Å²) in [5.41, 5.74) is 1.90. The molecule has 0 saturated heterocycles. The van der Waals surface area contributed by atoms with E-state index >= 15 is 0 Å². The van der Waals surface area contributed by atoms with Gasteiger partial charge in [-0.3, -0.25) is 4.79 Å². The predicted octanol–water partition coefficient (Wildman–Crippen LogP) is 3.68. The standard InChI is InChI=1S/C15H20BrNO/c1-11-5-4-7-12(9-11)15(18)17-14-8-3-2-6-13(14)10-16/h4-5,7,9,13-14H,2-3,6,8,10H2,1H3,(H,17,18). The molecule has 1 aliphatic rings. The number of hydrogen-bond donors (Lipinski definition) is 1. The van der Waals surface area contributed by atoms with Gasteiger partial charge in [0.25, 0.3) is 5.91 Å². The van der Waals surface area contributed by atoms with E-state index in [0.717, 1.165) is 22.9 Å². The molecule has 98 valence electrons. The van der Waals surface area contributed by atoms with Crippen LogP contribution in [-0.2, 0) is 0 Å². The van der Waals surface area contributed by atoms with Gasteiger partial charge in [0.2, 0.25) is 0 Å². The minimum atomic E-state index is 0.0662. The number of carbonyl (C=O) groups is 1. The number of aryl methyl sites for hydroxylation is 1.